The second kappa shape index (κ2) is 5.70. The van der Waals surface area contributed by atoms with Gasteiger partial charge in [-0.15, -0.1) is 0 Å². The lowest BCUT2D eigenvalue weighted by Crippen LogP contribution is -2.08. The molecule has 1 aromatic carbocycles. The molecule has 14 heavy (non-hydrogen) atoms. The lowest BCUT2D eigenvalue weighted by molar-refractivity contribution is 0.317. The summed E-state index contributed by atoms with van der Waals surface area (Å²) in [5.41, 5.74) is 1.21. The standard InChI is InChI=1S/C11H19NOSi/c1-12(2)10-4-6-11(7-5-10)13-8-3-9-14/h4-7H,3,8-9H2,1-2,14H3. The van der Waals surface area contributed by atoms with Crippen LogP contribution in [0.15, 0.2) is 24.3 Å². The van der Waals surface area contributed by atoms with E-state index in [1.54, 1.807) is 0 Å². The molecule has 0 bridgehead atoms. The third-order valence-electron chi connectivity index (χ3n) is 2.12. The topological polar surface area (TPSA) is 12.5 Å². The summed E-state index contributed by atoms with van der Waals surface area (Å²) in [6.45, 7) is 0.852. The maximum absolute atomic E-state index is 5.58. The van der Waals surface area contributed by atoms with E-state index in [2.05, 4.69) is 17.0 Å². The van der Waals surface area contributed by atoms with Crippen molar-refractivity contribution in [3.63, 3.8) is 0 Å². The Morgan fingerprint density at radius 3 is 2.36 bits per heavy atom. The fourth-order valence-corrected chi connectivity index (χ4v) is 1.46. The molecule has 0 atom stereocenters. The van der Waals surface area contributed by atoms with Gasteiger partial charge >= 0.3 is 0 Å². The summed E-state index contributed by atoms with van der Waals surface area (Å²) < 4.78 is 5.58. The molecule has 1 aromatic rings. The molecule has 0 aromatic heterocycles. The van der Waals surface area contributed by atoms with Crippen LogP contribution >= 0.6 is 0 Å². The molecular formula is C11H19NOSi. The van der Waals surface area contributed by atoms with Crippen molar-refractivity contribution in [2.24, 2.45) is 0 Å². The maximum Gasteiger partial charge on any atom is 0.119 e. The Kier molecular flexibility index (Phi) is 4.53. The highest BCUT2D eigenvalue weighted by Gasteiger charge is 1.96. The van der Waals surface area contributed by atoms with E-state index in [1.807, 2.05) is 26.2 Å². The second-order valence-electron chi connectivity index (χ2n) is 3.59. The predicted molar refractivity (Wildman–Crippen MR) is 65.6 cm³/mol. The van der Waals surface area contributed by atoms with E-state index < -0.39 is 0 Å². The quantitative estimate of drug-likeness (QED) is 0.535. The first kappa shape index (κ1) is 11.1. The van der Waals surface area contributed by atoms with E-state index in [-0.39, 0.29) is 0 Å². The first-order valence-electron chi connectivity index (χ1n) is 5.14. The van der Waals surface area contributed by atoms with Gasteiger partial charge in [-0.25, -0.2) is 0 Å². The number of nitrogens with zero attached hydrogens (tertiary/aromatic N) is 1. The van der Waals surface area contributed by atoms with Crippen LogP contribution < -0.4 is 9.64 Å². The SMILES string of the molecule is CN(C)c1ccc(OCCC[SiH3])cc1. The molecule has 0 unspecified atom stereocenters. The minimum atomic E-state index is 0.852. The first-order chi connectivity index (χ1) is 6.74. The van der Waals surface area contributed by atoms with Crippen LogP contribution in [-0.2, 0) is 0 Å². The molecule has 0 aliphatic carbocycles. The lowest BCUT2D eigenvalue weighted by atomic mass is 10.3. The van der Waals surface area contributed by atoms with E-state index >= 15 is 0 Å². The van der Waals surface area contributed by atoms with E-state index in [0.717, 1.165) is 12.4 Å². The molecule has 0 fully saturated rings. The zero-order valence-corrected chi connectivity index (χ0v) is 11.3. The van der Waals surface area contributed by atoms with Gasteiger partial charge in [-0.2, -0.15) is 0 Å². The van der Waals surface area contributed by atoms with Crippen molar-refractivity contribution in [1.82, 2.24) is 0 Å². The zero-order valence-electron chi connectivity index (χ0n) is 9.29. The van der Waals surface area contributed by atoms with Gasteiger partial charge in [-0.3, -0.25) is 0 Å². The van der Waals surface area contributed by atoms with E-state index in [1.165, 1.54) is 28.4 Å². The van der Waals surface area contributed by atoms with Crippen LogP contribution in [0.5, 0.6) is 5.75 Å². The van der Waals surface area contributed by atoms with Crippen molar-refractivity contribution in [1.29, 1.82) is 0 Å². The minimum Gasteiger partial charge on any atom is -0.494 e. The van der Waals surface area contributed by atoms with Crippen LogP contribution in [0.2, 0.25) is 6.04 Å². The molecule has 0 radical (unpaired) electrons. The van der Waals surface area contributed by atoms with Gasteiger partial charge in [0.25, 0.3) is 0 Å². The Bertz CT molecular complexity index is 258. The molecule has 0 aliphatic rings. The Morgan fingerprint density at radius 1 is 1.21 bits per heavy atom. The largest absolute Gasteiger partial charge is 0.494 e. The van der Waals surface area contributed by atoms with E-state index in [4.69, 9.17) is 4.74 Å². The summed E-state index contributed by atoms with van der Waals surface area (Å²) in [5.74, 6) is 0.978. The van der Waals surface area contributed by atoms with Crippen molar-refractivity contribution in [2.75, 3.05) is 25.6 Å². The summed E-state index contributed by atoms with van der Waals surface area (Å²) in [4.78, 5) is 2.08. The summed E-state index contributed by atoms with van der Waals surface area (Å²) in [7, 11) is 5.35. The van der Waals surface area contributed by atoms with Gasteiger partial charge in [0.15, 0.2) is 0 Å². The number of hydrogen-bond donors (Lipinski definition) is 0. The Balaban J connectivity index is 2.47. The third-order valence-corrected chi connectivity index (χ3v) is 2.83. The smallest absolute Gasteiger partial charge is 0.119 e. The van der Waals surface area contributed by atoms with Crippen molar-refractivity contribution in [3.05, 3.63) is 24.3 Å². The van der Waals surface area contributed by atoms with E-state index in [9.17, 15) is 0 Å². The van der Waals surface area contributed by atoms with Crippen molar-refractivity contribution in [2.45, 2.75) is 12.5 Å². The molecule has 1 rings (SSSR count). The van der Waals surface area contributed by atoms with Gasteiger partial charge in [0.1, 0.15) is 5.75 Å². The molecule has 0 N–H and O–H groups in total. The van der Waals surface area contributed by atoms with Gasteiger partial charge in [0.05, 0.1) is 6.61 Å². The lowest BCUT2D eigenvalue weighted by Gasteiger charge is -2.12. The zero-order chi connectivity index (χ0) is 10.4. The molecule has 0 aliphatic heterocycles. The number of anilines is 1. The Hall–Kier alpha value is -0.963. The Labute approximate surface area is 89.3 Å². The molecular weight excluding hydrogens is 190 g/mol. The van der Waals surface area contributed by atoms with Gasteiger partial charge in [-0.05, 0) is 30.7 Å². The summed E-state index contributed by atoms with van der Waals surface area (Å²) in [5, 5.41) is 0. The molecule has 78 valence electrons. The van der Waals surface area contributed by atoms with Gasteiger partial charge in [0.2, 0.25) is 0 Å². The normalized spacial score (nSPS) is 10.1. The predicted octanol–water partition coefficient (Wildman–Crippen LogP) is 1.31. The molecule has 0 spiro atoms. The summed E-state index contributed by atoms with van der Waals surface area (Å²) in [6.07, 6.45) is 1.18. The maximum atomic E-state index is 5.58. The second-order valence-corrected chi connectivity index (χ2v) is 4.59. The molecule has 2 nitrogen and oxygen atoms in total. The molecule has 0 saturated carbocycles. The van der Waals surface area contributed by atoms with E-state index in [0.29, 0.717) is 0 Å². The van der Waals surface area contributed by atoms with Crippen molar-refractivity contribution < 1.29 is 4.74 Å². The van der Waals surface area contributed by atoms with Crippen LogP contribution in [0.25, 0.3) is 0 Å². The van der Waals surface area contributed by atoms with Crippen LogP contribution in [0.3, 0.4) is 0 Å². The highest BCUT2D eigenvalue weighted by atomic mass is 28.1. The van der Waals surface area contributed by atoms with Crippen LogP contribution in [-0.4, -0.2) is 30.9 Å². The summed E-state index contributed by atoms with van der Waals surface area (Å²) in [6, 6.07) is 9.53. The van der Waals surface area contributed by atoms with Crippen molar-refractivity contribution in [3.8, 4) is 5.75 Å². The number of rotatable bonds is 5. The third kappa shape index (κ3) is 3.42. The molecule has 0 heterocycles. The van der Waals surface area contributed by atoms with Gasteiger partial charge in [0, 0.05) is 30.0 Å². The van der Waals surface area contributed by atoms with Gasteiger partial charge in [-0.1, -0.05) is 6.04 Å². The molecule has 0 saturated heterocycles. The fraction of sp³-hybridized carbons (Fsp3) is 0.455. The number of benzene rings is 1. The highest BCUT2D eigenvalue weighted by molar-refractivity contribution is 6.08. The van der Waals surface area contributed by atoms with Crippen molar-refractivity contribution >= 4 is 15.9 Å². The van der Waals surface area contributed by atoms with Crippen LogP contribution in [0.4, 0.5) is 5.69 Å². The average Bonchev–Trinajstić information content (AvgIpc) is 2.19. The van der Waals surface area contributed by atoms with Gasteiger partial charge < -0.3 is 9.64 Å². The molecule has 0 amide bonds. The minimum absolute atomic E-state index is 0.852. The first-order valence-corrected chi connectivity index (χ1v) is 6.55. The number of ether oxygens (including phenoxy) is 1. The highest BCUT2D eigenvalue weighted by Crippen LogP contribution is 2.17. The average molecular weight is 209 g/mol. The Morgan fingerprint density at radius 2 is 1.86 bits per heavy atom. The molecule has 3 heteroatoms. The fourth-order valence-electron chi connectivity index (χ4n) is 1.17. The summed E-state index contributed by atoms with van der Waals surface area (Å²) >= 11 is 0. The van der Waals surface area contributed by atoms with Crippen LogP contribution in [0.1, 0.15) is 6.42 Å². The number of hydrogen-bond acceptors (Lipinski definition) is 2. The van der Waals surface area contributed by atoms with Crippen LogP contribution in [0, 0.1) is 0 Å². The monoisotopic (exact) mass is 209 g/mol.